The Kier molecular flexibility index (Phi) is 5.52. The van der Waals surface area contributed by atoms with Crippen molar-refractivity contribution in [2.24, 2.45) is 5.92 Å². The first-order chi connectivity index (χ1) is 14.2. The molecule has 0 N–H and O–H groups in total. The van der Waals surface area contributed by atoms with Gasteiger partial charge in [-0.25, -0.2) is 0 Å². The molecule has 0 spiro atoms. The number of anilines is 1. The number of hydrogen-bond donors (Lipinski definition) is 0. The molecular weight excluding hydrogens is 362 g/mol. The fourth-order valence-corrected chi connectivity index (χ4v) is 4.01. The summed E-state index contributed by atoms with van der Waals surface area (Å²) in [7, 11) is 3.30. The Bertz CT molecular complexity index is 952. The van der Waals surface area contributed by atoms with Gasteiger partial charge in [0.1, 0.15) is 11.5 Å². The van der Waals surface area contributed by atoms with Crippen LogP contribution in [0, 0.1) is 5.92 Å². The molecule has 0 unspecified atom stereocenters. The lowest BCUT2D eigenvalue weighted by Crippen LogP contribution is -2.55. The van der Waals surface area contributed by atoms with Crippen LogP contribution in [-0.4, -0.2) is 20.1 Å². The number of benzene rings is 3. The minimum absolute atomic E-state index is 0.0190. The zero-order valence-corrected chi connectivity index (χ0v) is 16.7. The normalized spacial score (nSPS) is 18.3. The molecule has 4 nitrogen and oxygen atoms in total. The maximum Gasteiger partial charge on any atom is 0.233 e. The van der Waals surface area contributed by atoms with Gasteiger partial charge in [0.05, 0.1) is 26.2 Å². The van der Waals surface area contributed by atoms with Crippen LogP contribution in [0.3, 0.4) is 0 Å². The van der Waals surface area contributed by atoms with Crippen molar-refractivity contribution < 1.29 is 14.3 Å². The van der Waals surface area contributed by atoms with Crippen molar-refractivity contribution in [3.63, 3.8) is 0 Å². The second-order valence-electron chi connectivity index (χ2n) is 7.26. The van der Waals surface area contributed by atoms with Gasteiger partial charge in [0, 0.05) is 5.69 Å². The number of rotatable bonds is 7. The van der Waals surface area contributed by atoms with Crippen LogP contribution in [0.2, 0.25) is 0 Å². The van der Waals surface area contributed by atoms with Crippen molar-refractivity contribution in [1.29, 1.82) is 0 Å². The second kappa shape index (κ2) is 8.39. The van der Waals surface area contributed by atoms with Crippen LogP contribution in [0.5, 0.6) is 11.5 Å². The average molecular weight is 387 g/mol. The van der Waals surface area contributed by atoms with Crippen molar-refractivity contribution in [3.8, 4) is 11.5 Å². The number of β-lactam (4-membered cyclic amide) rings is 1. The number of carbonyl (C=O) groups is 1. The van der Waals surface area contributed by atoms with Gasteiger partial charge in [-0.2, -0.15) is 0 Å². The van der Waals surface area contributed by atoms with Gasteiger partial charge in [0.15, 0.2) is 0 Å². The smallest absolute Gasteiger partial charge is 0.233 e. The van der Waals surface area contributed by atoms with E-state index >= 15 is 0 Å². The Balaban J connectivity index is 1.60. The minimum atomic E-state index is -0.0364. The van der Waals surface area contributed by atoms with Gasteiger partial charge in [-0.3, -0.25) is 4.79 Å². The first-order valence-electron chi connectivity index (χ1n) is 9.86. The quantitative estimate of drug-likeness (QED) is 0.533. The van der Waals surface area contributed by atoms with Crippen LogP contribution in [0.15, 0.2) is 78.9 Å². The number of amides is 1. The fourth-order valence-electron chi connectivity index (χ4n) is 4.01. The highest BCUT2D eigenvalue weighted by atomic mass is 16.5. The molecule has 1 heterocycles. The number of carbonyl (C=O) groups excluding carboxylic acids is 1. The molecule has 1 amide bonds. The lowest BCUT2D eigenvalue weighted by Gasteiger charge is -2.47. The van der Waals surface area contributed by atoms with Crippen LogP contribution >= 0.6 is 0 Å². The van der Waals surface area contributed by atoms with E-state index in [0.29, 0.717) is 0 Å². The summed E-state index contributed by atoms with van der Waals surface area (Å²) in [6.45, 7) is 0. The predicted octanol–water partition coefficient (Wildman–Crippen LogP) is 5.04. The molecule has 1 saturated heterocycles. The SMILES string of the molecule is COc1ccc([C@@H]2[C@@H](CCc3ccccc3)C(=O)N2c2ccc(OC)cc2)cc1. The van der Waals surface area contributed by atoms with Crippen molar-refractivity contribution in [2.75, 3.05) is 19.1 Å². The summed E-state index contributed by atoms with van der Waals surface area (Å²) in [5, 5.41) is 0. The molecule has 1 fully saturated rings. The van der Waals surface area contributed by atoms with Crippen molar-refractivity contribution in [1.82, 2.24) is 0 Å². The van der Waals surface area contributed by atoms with E-state index in [1.807, 2.05) is 59.5 Å². The van der Waals surface area contributed by atoms with Gasteiger partial charge < -0.3 is 14.4 Å². The molecule has 3 aromatic rings. The van der Waals surface area contributed by atoms with Crippen molar-refractivity contribution >= 4 is 11.6 Å². The lowest BCUT2D eigenvalue weighted by molar-refractivity contribution is -0.130. The Hall–Kier alpha value is -3.27. The second-order valence-corrected chi connectivity index (χ2v) is 7.26. The summed E-state index contributed by atoms with van der Waals surface area (Å²) in [5.74, 6) is 1.73. The van der Waals surface area contributed by atoms with E-state index in [1.165, 1.54) is 5.56 Å². The Morgan fingerprint density at radius 1 is 0.793 bits per heavy atom. The molecule has 148 valence electrons. The largest absolute Gasteiger partial charge is 0.497 e. The van der Waals surface area contributed by atoms with Gasteiger partial charge in [0.25, 0.3) is 0 Å². The standard InChI is InChI=1S/C25H25NO3/c1-28-21-13-9-19(10-14-21)24-23(17-8-18-6-4-3-5-7-18)25(27)26(24)20-11-15-22(29-2)16-12-20/h3-7,9-16,23-24H,8,17H2,1-2H3/t23-,24-/m1/s1. The molecule has 0 aromatic heterocycles. The van der Waals surface area contributed by atoms with Gasteiger partial charge >= 0.3 is 0 Å². The topological polar surface area (TPSA) is 38.8 Å². The summed E-state index contributed by atoms with van der Waals surface area (Å²) in [5.41, 5.74) is 3.28. The monoisotopic (exact) mass is 387 g/mol. The Morgan fingerprint density at radius 3 is 1.97 bits per heavy atom. The van der Waals surface area contributed by atoms with E-state index in [0.717, 1.165) is 35.6 Å². The molecule has 1 aliphatic rings. The third-order valence-electron chi connectivity index (χ3n) is 5.61. The highest BCUT2D eigenvalue weighted by Gasteiger charge is 2.48. The zero-order valence-electron chi connectivity index (χ0n) is 16.7. The van der Waals surface area contributed by atoms with Gasteiger partial charge in [-0.05, 0) is 60.4 Å². The van der Waals surface area contributed by atoms with Crippen molar-refractivity contribution in [2.45, 2.75) is 18.9 Å². The summed E-state index contributed by atoms with van der Waals surface area (Å²) in [6, 6.07) is 26.1. The van der Waals surface area contributed by atoms with Crippen LogP contribution in [0.25, 0.3) is 0 Å². The van der Waals surface area contributed by atoms with Gasteiger partial charge in [-0.15, -0.1) is 0 Å². The van der Waals surface area contributed by atoms with Crippen LogP contribution in [0.1, 0.15) is 23.6 Å². The average Bonchev–Trinajstić information content (AvgIpc) is 2.78. The van der Waals surface area contributed by atoms with E-state index in [2.05, 4.69) is 24.3 Å². The number of aryl methyl sites for hydroxylation is 1. The van der Waals surface area contributed by atoms with Gasteiger partial charge in [0.2, 0.25) is 5.91 Å². The third kappa shape index (κ3) is 3.83. The molecule has 0 bridgehead atoms. The number of nitrogens with zero attached hydrogens (tertiary/aromatic N) is 1. The van der Waals surface area contributed by atoms with E-state index in [1.54, 1.807) is 14.2 Å². The third-order valence-corrected chi connectivity index (χ3v) is 5.61. The van der Waals surface area contributed by atoms with Crippen molar-refractivity contribution in [3.05, 3.63) is 90.0 Å². The minimum Gasteiger partial charge on any atom is -0.497 e. The highest BCUT2D eigenvalue weighted by Crippen LogP contribution is 2.46. The summed E-state index contributed by atoms with van der Waals surface area (Å²) < 4.78 is 10.6. The van der Waals surface area contributed by atoms with Crippen LogP contribution < -0.4 is 14.4 Å². The molecule has 0 saturated carbocycles. The van der Waals surface area contributed by atoms with Crippen LogP contribution in [0.4, 0.5) is 5.69 Å². The summed E-state index contributed by atoms with van der Waals surface area (Å²) in [4.78, 5) is 15.0. The number of methoxy groups -OCH3 is 2. The Labute approximate surface area is 171 Å². The lowest BCUT2D eigenvalue weighted by atomic mass is 9.78. The Morgan fingerprint density at radius 2 is 1.38 bits per heavy atom. The maximum absolute atomic E-state index is 13.1. The first kappa shape index (κ1) is 19.1. The summed E-state index contributed by atoms with van der Waals surface area (Å²) in [6.07, 6.45) is 1.71. The van der Waals surface area contributed by atoms with Crippen LogP contribution in [-0.2, 0) is 11.2 Å². The maximum atomic E-state index is 13.1. The molecule has 29 heavy (non-hydrogen) atoms. The first-order valence-corrected chi connectivity index (χ1v) is 9.86. The van der Waals surface area contributed by atoms with E-state index in [9.17, 15) is 4.79 Å². The molecule has 1 aliphatic heterocycles. The van der Waals surface area contributed by atoms with E-state index < -0.39 is 0 Å². The highest BCUT2D eigenvalue weighted by molar-refractivity contribution is 6.03. The van der Waals surface area contributed by atoms with E-state index in [4.69, 9.17) is 9.47 Å². The molecular formula is C25H25NO3. The molecule has 0 aliphatic carbocycles. The van der Waals surface area contributed by atoms with E-state index in [-0.39, 0.29) is 17.9 Å². The number of ether oxygens (including phenoxy) is 2. The fraction of sp³-hybridized carbons (Fsp3) is 0.240. The molecule has 0 radical (unpaired) electrons. The molecule has 3 aromatic carbocycles. The molecule has 4 rings (SSSR count). The summed E-state index contributed by atoms with van der Waals surface area (Å²) >= 11 is 0. The van der Waals surface area contributed by atoms with Gasteiger partial charge in [-0.1, -0.05) is 42.5 Å². The zero-order chi connectivity index (χ0) is 20.2. The number of hydrogen-bond acceptors (Lipinski definition) is 3. The molecule has 4 heteroatoms. The molecule has 2 atom stereocenters. The predicted molar refractivity (Wildman–Crippen MR) is 114 cm³/mol.